The molecule has 0 aliphatic rings. The molecule has 2 nitrogen and oxygen atoms in total. The minimum Gasteiger partial charge on any atom is -0.343 e. The maximum Gasteiger partial charge on any atom is 0.0562 e. The molecule has 2 heterocycles. The third-order valence-corrected chi connectivity index (χ3v) is 9.43. The molecule has 2 heteroatoms. The number of nitrogens with zero attached hydrogens (tertiary/aromatic N) is 2. The number of para-hydroxylation sites is 2. The van der Waals surface area contributed by atoms with Gasteiger partial charge in [0.15, 0.2) is 0 Å². The van der Waals surface area contributed by atoms with E-state index in [1.54, 1.807) is 0 Å². The third-order valence-electron chi connectivity index (χ3n) is 9.43. The van der Waals surface area contributed by atoms with Gasteiger partial charge in [0.25, 0.3) is 0 Å². The van der Waals surface area contributed by atoms with Crippen molar-refractivity contribution in [2.75, 3.05) is 0 Å². The molecule has 0 unspecified atom stereocenters. The highest BCUT2D eigenvalue weighted by Crippen LogP contribution is 2.37. The van der Waals surface area contributed by atoms with Gasteiger partial charge in [-0.1, -0.05) is 170 Å². The van der Waals surface area contributed by atoms with Crippen molar-refractivity contribution in [3.63, 3.8) is 0 Å². The monoisotopic (exact) mass is 616 g/mol. The van der Waals surface area contributed by atoms with Gasteiger partial charge in [0.05, 0.1) is 11.4 Å². The topological polar surface area (TPSA) is 9.86 Å². The van der Waals surface area contributed by atoms with Gasteiger partial charge in [0.2, 0.25) is 0 Å². The fraction of sp³-hybridized carbons (Fsp3) is 0.0435. The molecule has 0 saturated heterocycles. The molecule has 0 aliphatic heterocycles. The summed E-state index contributed by atoms with van der Waals surface area (Å²) < 4.78 is 4.63. The molecule has 0 spiro atoms. The average Bonchev–Trinajstić information content (AvgIpc) is 3.60. The van der Waals surface area contributed by atoms with Crippen LogP contribution in [0.5, 0.6) is 0 Å². The van der Waals surface area contributed by atoms with E-state index in [-0.39, 0.29) is 0 Å². The number of aromatic nitrogens is 2. The second kappa shape index (κ2) is 12.6. The Morgan fingerprint density at radius 1 is 0.333 bits per heavy atom. The summed E-state index contributed by atoms with van der Waals surface area (Å²) in [5.74, 6) is 0. The maximum atomic E-state index is 2.32. The van der Waals surface area contributed by atoms with Gasteiger partial charge in [-0.3, -0.25) is 0 Å². The molecular formula is C46H36N2. The van der Waals surface area contributed by atoms with E-state index >= 15 is 0 Å². The van der Waals surface area contributed by atoms with E-state index in [1.165, 1.54) is 77.7 Å². The first-order valence-electron chi connectivity index (χ1n) is 16.5. The second-order valence-corrected chi connectivity index (χ2v) is 12.3. The van der Waals surface area contributed by atoms with Crippen molar-refractivity contribution in [2.45, 2.75) is 0 Å². The smallest absolute Gasteiger partial charge is 0.0562 e. The molecule has 0 aliphatic carbocycles. The number of hydrogen-bond donors (Lipinski definition) is 0. The zero-order chi connectivity index (χ0) is 32.5. The molecule has 8 aromatic rings. The molecule has 2 aromatic heterocycles. The highest BCUT2D eigenvalue weighted by molar-refractivity contribution is 6.01. The standard InChI is InChI=1S/C46H36N2/c1-47-43-19-11-9-17-39(43)41(31-21-33-13-5-3-6-14-33)45(47)37-27-23-35(24-28-37)36-25-29-38(30-26-36)46-42(32-22-34-15-7-4-8-16-34)40-18-10-12-20-44(40)48(46)2/h3-32H,1-2H3. The molecule has 8 rings (SSSR count). The summed E-state index contributed by atoms with van der Waals surface area (Å²) in [6.45, 7) is 0. The highest BCUT2D eigenvalue weighted by atomic mass is 15.0. The molecule has 230 valence electrons. The fourth-order valence-corrected chi connectivity index (χ4v) is 7.01. The normalized spacial score (nSPS) is 11.8. The number of hydrogen-bond acceptors (Lipinski definition) is 0. The van der Waals surface area contributed by atoms with Gasteiger partial charge in [0.1, 0.15) is 0 Å². The lowest BCUT2D eigenvalue weighted by molar-refractivity contribution is 0.977. The Morgan fingerprint density at radius 3 is 1.06 bits per heavy atom. The van der Waals surface area contributed by atoms with E-state index in [2.05, 4.69) is 205 Å². The SMILES string of the molecule is Cn1c(-c2ccc(-c3ccc(-c4c(C=Cc5ccccc5)c5ccccc5n4C)cc3)cc2)c(C=Cc2ccccc2)c2ccccc21. The third kappa shape index (κ3) is 5.38. The van der Waals surface area contributed by atoms with Gasteiger partial charge in [-0.2, -0.15) is 0 Å². The van der Waals surface area contributed by atoms with Crippen molar-refractivity contribution in [3.05, 3.63) is 180 Å². The minimum atomic E-state index is 1.19. The van der Waals surface area contributed by atoms with Gasteiger partial charge in [-0.05, 0) is 45.5 Å². The zero-order valence-electron chi connectivity index (χ0n) is 27.2. The minimum absolute atomic E-state index is 1.19. The van der Waals surface area contributed by atoms with Crippen molar-refractivity contribution in [2.24, 2.45) is 14.1 Å². The lowest BCUT2D eigenvalue weighted by Gasteiger charge is -2.10. The van der Waals surface area contributed by atoms with Gasteiger partial charge in [0, 0.05) is 47.0 Å². The first kappa shape index (κ1) is 29.3. The van der Waals surface area contributed by atoms with Gasteiger partial charge in [-0.25, -0.2) is 0 Å². The molecular weight excluding hydrogens is 581 g/mol. The lowest BCUT2D eigenvalue weighted by atomic mass is 9.98. The average molecular weight is 617 g/mol. The summed E-state index contributed by atoms with van der Waals surface area (Å²) in [6.07, 6.45) is 8.94. The van der Waals surface area contributed by atoms with E-state index in [1.807, 2.05) is 0 Å². The van der Waals surface area contributed by atoms with Crippen LogP contribution in [0.15, 0.2) is 158 Å². The summed E-state index contributed by atoms with van der Waals surface area (Å²) in [4.78, 5) is 0. The van der Waals surface area contributed by atoms with Crippen LogP contribution in [0.3, 0.4) is 0 Å². The van der Waals surface area contributed by atoms with Crippen molar-refractivity contribution in [1.82, 2.24) is 9.13 Å². The van der Waals surface area contributed by atoms with Crippen LogP contribution in [0.25, 0.3) is 79.8 Å². The van der Waals surface area contributed by atoms with Crippen LogP contribution in [0.4, 0.5) is 0 Å². The molecule has 6 aromatic carbocycles. The molecule has 0 atom stereocenters. The summed E-state index contributed by atoms with van der Waals surface area (Å²) in [6, 6.07) is 56.4. The van der Waals surface area contributed by atoms with E-state index in [4.69, 9.17) is 0 Å². The first-order chi connectivity index (χ1) is 23.7. The summed E-state index contributed by atoms with van der Waals surface area (Å²) in [7, 11) is 4.33. The number of rotatable bonds is 7. The predicted octanol–water partition coefficient (Wildman–Crippen LogP) is 12.0. The van der Waals surface area contributed by atoms with Crippen molar-refractivity contribution in [3.8, 4) is 33.6 Å². The second-order valence-electron chi connectivity index (χ2n) is 12.3. The Kier molecular flexibility index (Phi) is 7.68. The number of aryl methyl sites for hydroxylation is 2. The molecule has 0 saturated carbocycles. The van der Waals surface area contributed by atoms with Crippen LogP contribution < -0.4 is 0 Å². The Balaban J connectivity index is 1.14. The molecule has 0 fully saturated rings. The number of benzene rings is 6. The summed E-state index contributed by atoms with van der Waals surface area (Å²) >= 11 is 0. The molecule has 0 bridgehead atoms. The van der Waals surface area contributed by atoms with Crippen molar-refractivity contribution < 1.29 is 0 Å². The van der Waals surface area contributed by atoms with Crippen LogP contribution in [0.2, 0.25) is 0 Å². The van der Waals surface area contributed by atoms with Gasteiger partial charge >= 0.3 is 0 Å². The first-order valence-corrected chi connectivity index (χ1v) is 16.5. The Labute approximate surface area is 282 Å². The van der Waals surface area contributed by atoms with Crippen molar-refractivity contribution >= 4 is 46.1 Å². The van der Waals surface area contributed by atoms with Crippen LogP contribution in [0, 0.1) is 0 Å². The highest BCUT2D eigenvalue weighted by Gasteiger charge is 2.17. The molecule has 0 N–H and O–H groups in total. The lowest BCUT2D eigenvalue weighted by Crippen LogP contribution is -1.93. The van der Waals surface area contributed by atoms with Crippen LogP contribution >= 0.6 is 0 Å². The van der Waals surface area contributed by atoms with E-state index < -0.39 is 0 Å². The molecule has 48 heavy (non-hydrogen) atoms. The van der Waals surface area contributed by atoms with E-state index in [0.717, 1.165) is 0 Å². The van der Waals surface area contributed by atoms with Crippen LogP contribution in [-0.4, -0.2) is 9.13 Å². The molecule has 0 radical (unpaired) electrons. The van der Waals surface area contributed by atoms with Gasteiger partial charge < -0.3 is 9.13 Å². The zero-order valence-corrected chi connectivity index (χ0v) is 27.2. The Morgan fingerprint density at radius 2 is 0.667 bits per heavy atom. The summed E-state index contributed by atoms with van der Waals surface area (Å²) in [5.41, 5.74) is 14.6. The van der Waals surface area contributed by atoms with Crippen LogP contribution in [-0.2, 0) is 14.1 Å². The van der Waals surface area contributed by atoms with Gasteiger partial charge in [-0.15, -0.1) is 0 Å². The fourth-order valence-electron chi connectivity index (χ4n) is 7.01. The largest absolute Gasteiger partial charge is 0.343 e. The van der Waals surface area contributed by atoms with E-state index in [9.17, 15) is 0 Å². The summed E-state index contributed by atoms with van der Waals surface area (Å²) in [5, 5.41) is 2.52. The van der Waals surface area contributed by atoms with E-state index in [0.29, 0.717) is 0 Å². The molecule has 0 amide bonds. The maximum absolute atomic E-state index is 2.32. The quantitative estimate of drug-likeness (QED) is 0.169. The Hall–Kier alpha value is -6.12. The van der Waals surface area contributed by atoms with Crippen molar-refractivity contribution in [1.29, 1.82) is 0 Å². The number of fused-ring (bicyclic) bond motifs is 2. The predicted molar refractivity (Wildman–Crippen MR) is 206 cm³/mol. The van der Waals surface area contributed by atoms with Crippen LogP contribution in [0.1, 0.15) is 22.3 Å². The Bertz CT molecular complexity index is 2240.